The lowest BCUT2D eigenvalue weighted by Crippen LogP contribution is -2.59. The van der Waals surface area contributed by atoms with E-state index in [-0.39, 0.29) is 36.9 Å². The third-order valence-corrected chi connectivity index (χ3v) is 9.45. The number of aliphatic hydroxyl groups is 1. The molecule has 0 spiro atoms. The van der Waals surface area contributed by atoms with Crippen LogP contribution in [0, 0.1) is 5.92 Å². The number of sulfonamides is 1. The van der Waals surface area contributed by atoms with Crippen LogP contribution in [0.5, 0.6) is 5.75 Å². The molecule has 0 bridgehead atoms. The molecule has 0 saturated carbocycles. The smallest absolute Gasteiger partial charge is 0.243 e. The van der Waals surface area contributed by atoms with Crippen molar-refractivity contribution < 1.29 is 32.9 Å². The summed E-state index contributed by atoms with van der Waals surface area (Å²) in [5, 5.41) is 27.3. The lowest BCUT2D eigenvalue weighted by atomic mass is 9.96. The normalized spacial score (nSPS) is 20.0. The van der Waals surface area contributed by atoms with Crippen LogP contribution in [0.1, 0.15) is 24.8 Å². The Bertz CT molecular complexity index is 1150. The summed E-state index contributed by atoms with van der Waals surface area (Å²) in [7, 11) is -2.49. The van der Waals surface area contributed by atoms with Gasteiger partial charge in [0.05, 0.1) is 36.8 Å². The first-order chi connectivity index (χ1) is 18.8. The molecule has 0 aliphatic carbocycles. The number of carboxylic acid groups (broad SMARTS) is 1. The number of methoxy groups -OCH3 is 1. The lowest BCUT2D eigenvalue weighted by molar-refractivity contribution is -0.272. The van der Waals surface area contributed by atoms with Gasteiger partial charge in [0.15, 0.2) is 0 Å². The number of aliphatic hydroxyl groups excluding tert-OH is 1. The predicted molar refractivity (Wildman–Crippen MR) is 144 cm³/mol. The van der Waals surface area contributed by atoms with Gasteiger partial charge < -0.3 is 34.7 Å². The summed E-state index contributed by atoms with van der Waals surface area (Å²) < 4.78 is 39.7. The molecule has 2 heterocycles. The second-order valence-electron chi connectivity index (χ2n) is 10.2. The van der Waals surface area contributed by atoms with E-state index in [4.69, 9.17) is 9.47 Å². The highest BCUT2D eigenvalue weighted by Crippen LogP contribution is 2.26. The number of nitrogens with one attached hydrogen (secondary N) is 1. The number of carbonyl (C=O) groups is 1. The summed E-state index contributed by atoms with van der Waals surface area (Å²) in [6.07, 6.45) is -0.414. The van der Waals surface area contributed by atoms with Crippen molar-refractivity contribution in [3.63, 3.8) is 0 Å². The molecule has 0 unspecified atom stereocenters. The van der Waals surface area contributed by atoms with Crippen molar-refractivity contribution >= 4 is 16.1 Å². The van der Waals surface area contributed by atoms with Crippen LogP contribution in [0.25, 0.3) is 0 Å². The molecule has 39 heavy (non-hydrogen) atoms. The third-order valence-electron chi connectivity index (χ3n) is 7.61. The van der Waals surface area contributed by atoms with Gasteiger partial charge in [-0.2, -0.15) is 4.31 Å². The van der Waals surface area contributed by atoms with Gasteiger partial charge in [-0.05, 0) is 74.5 Å². The Morgan fingerprint density at radius 1 is 1.13 bits per heavy atom. The van der Waals surface area contributed by atoms with E-state index in [0.29, 0.717) is 18.8 Å². The van der Waals surface area contributed by atoms with E-state index >= 15 is 0 Å². The Balaban J connectivity index is 1.65. The van der Waals surface area contributed by atoms with Crippen molar-refractivity contribution in [3.8, 4) is 5.75 Å². The summed E-state index contributed by atoms with van der Waals surface area (Å²) in [5.74, 6) is 0.643. The Hall–Kier alpha value is -2.70. The van der Waals surface area contributed by atoms with Crippen LogP contribution in [-0.2, 0) is 21.2 Å². The number of hydrogen-bond donors (Lipinski definition) is 2. The maximum atomic E-state index is 13.9. The van der Waals surface area contributed by atoms with Gasteiger partial charge in [0.25, 0.3) is 0 Å². The van der Waals surface area contributed by atoms with Gasteiger partial charge in [-0.1, -0.05) is 30.3 Å². The molecule has 10 nitrogen and oxygen atoms in total. The lowest BCUT2D eigenvalue weighted by Gasteiger charge is -2.42. The molecule has 2 aliphatic rings. The highest BCUT2D eigenvalue weighted by Gasteiger charge is 2.37. The largest absolute Gasteiger partial charge is 0.530 e. The van der Waals surface area contributed by atoms with Crippen LogP contribution >= 0.6 is 0 Å². The summed E-state index contributed by atoms with van der Waals surface area (Å²) in [5.41, 5.74) is 0.828. The van der Waals surface area contributed by atoms with E-state index in [1.165, 1.54) is 23.5 Å². The first-order valence-electron chi connectivity index (χ1n) is 13.4. The number of carbonyl (C=O) groups excluding carboxylic acids is 1. The highest BCUT2D eigenvalue weighted by atomic mass is 32.2. The van der Waals surface area contributed by atoms with Crippen molar-refractivity contribution in [3.05, 3.63) is 60.2 Å². The SMILES string of the molecule is COc1ccc(S(=O)(=O)N(CC2CCNCC2)C[C@@H](O)[C@H](Cc2ccccc2)N(C(=O)[O-])[C@H]2CCOC2)cc1. The minimum atomic E-state index is -4.00. The van der Waals surface area contributed by atoms with Crippen LogP contribution in [0.3, 0.4) is 0 Å². The number of nitrogens with zero attached hydrogens (tertiary/aromatic N) is 2. The second-order valence-corrected chi connectivity index (χ2v) is 12.1. The molecular weight excluding hydrogens is 522 g/mol. The quantitative estimate of drug-likeness (QED) is 0.395. The van der Waals surface area contributed by atoms with E-state index in [1.807, 2.05) is 30.3 Å². The molecule has 0 radical (unpaired) electrons. The number of rotatable bonds is 12. The van der Waals surface area contributed by atoms with Crippen LogP contribution in [0.4, 0.5) is 4.79 Å². The fourth-order valence-corrected chi connectivity index (χ4v) is 6.96. The number of ether oxygens (including phenoxy) is 2. The van der Waals surface area contributed by atoms with Crippen LogP contribution in [0.2, 0.25) is 0 Å². The molecule has 2 aliphatic heterocycles. The third kappa shape index (κ3) is 7.49. The number of piperidine rings is 1. The summed E-state index contributed by atoms with van der Waals surface area (Å²) in [6.45, 7) is 2.17. The summed E-state index contributed by atoms with van der Waals surface area (Å²) >= 11 is 0. The molecule has 3 atom stereocenters. The van der Waals surface area contributed by atoms with Crippen molar-refractivity contribution in [1.29, 1.82) is 0 Å². The van der Waals surface area contributed by atoms with E-state index in [1.54, 1.807) is 12.1 Å². The molecule has 2 saturated heterocycles. The van der Waals surface area contributed by atoms with Gasteiger partial charge in [0, 0.05) is 19.7 Å². The first-order valence-corrected chi connectivity index (χ1v) is 14.9. The Morgan fingerprint density at radius 3 is 2.41 bits per heavy atom. The summed E-state index contributed by atoms with van der Waals surface area (Å²) in [6, 6.07) is 14.0. The highest BCUT2D eigenvalue weighted by molar-refractivity contribution is 7.89. The predicted octanol–water partition coefficient (Wildman–Crippen LogP) is 1.09. The molecule has 11 heteroatoms. The minimum absolute atomic E-state index is 0.0880. The monoisotopic (exact) mass is 560 g/mol. The van der Waals surface area contributed by atoms with Crippen LogP contribution < -0.4 is 15.2 Å². The van der Waals surface area contributed by atoms with E-state index < -0.39 is 34.3 Å². The van der Waals surface area contributed by atoms with Crippen LogP contribution in [0.15, 0.2) is 59.5 Å². The fraction of sp³-hybridized carbons (Fsp3) is 0.536. The molecule has 214 valence electrons. The fourth-order valence-electron chi connectivity index (χ4n) is 5.42. The zero-order valence-electron chi connectivity index (χ0n) is 22.3. The van der Waals surface area contributed by atoms with Gasteiger partial charge in [-0.3, -0.25) is 0 Å². The maximum absolute atomic E-state index is 13.9. The topological polar surface area (TPSA) is 131 Å². The second kappa shape index (κ2) is 13.6. The van der Waals surface area contributed by atoms with Crippen LogP contribution in [-0.4, -0.2) is 93.5 Å². The van der Waals surface area contributed by atoms with E-state index in [0.717, 1.165) is 36.4 Å². The molecule has 2 fully saturated rings. The minimum Gasteiger partial charge on any atom is -0.530 e. The molecule has 2 aromatic rings. The van der Waals surface area contributed by atoms with Crippen molar-refractivity contribution in [2.75, 3.05) is 46.5 Å². The number of benzene rings is 2. The van der Waals surface area contributed by atoms with Gasteiger partial charge in [0.2, 0.25) is 10.0 Å². The molecule has 1 amide bonds. The number of hydrogen-bond acceptors (Lipinski definition) is 8. The molecule has 4 rings (SSSR count). The zero-order chi connectivity index (χ0) is 27.8. The van der Waals surface area contributed by atoms with Crippen molar-refractivity contribution in [2.24, 2.45) is 5.92 Å². The molecule has 2 N–H and O–H groups in total. The Kier molecular flexibility index (Phi) is 10.2. The van der Waals surface area contributed by atoms with Gasteiger partial charge in [-0.15, -0.1) is 0 Å². The molecule has 2 aromatic carbocycles. The first kappa shape index (κ1) is 29.3. The van der Waals surface area contributed by atoms with E-state index in [2.05, 4.69) is 5.32 Å². The van der Waals surface area contributed by atoms with E-state index in [9.17, 15) is 23.4 Å². The van der Waals surface area contributed by atoms with Crippen molar-refractivity contribution in [1.82, 2.24) is 14.5 Å². The standard InChI is InChI=1S/C28H39N3O7S/c1-37-24-7-9-25(10-8-24)39(35,36)30(18-22-11-14-29-15-12-22)19-27(32)26(17-21-5-3-2-4-6-21)31(28(33)34)23-13-16-38-20-23/h2-10,22-23,26-27,29,32H,11-20H2,1H3,(H,33,34)/p-1/t23-,26-,27+/m0/s1. The van der Waals surface area contributed by atoms with Gasteiger partial charge >= 0.3 is 0 Å². The van der Waals surface area contributed by atoms with Gasteiger partial charge in [0.1, 0.15) is 11.8 Å². The average Bonchev–Trinajstić information content (AvgIpc) is 3.47. The summed E-state index contributed by atoms with van der Waals surface area (Å²) in [4.78, 5) is 13.6. The zero-order valence-corrected chi connectivity index (χ0v) is 23.1. The van der Waals surface area contributed by atoms with Gasteiger partial charge in [-0.25, -0.2) is 8.42 Å². The molecule has 0 aromatic heterocycles. The average molecular weight is 561 g/mol. The Labute approximate surface area is 230 Å². The van der Waals surface area contributed by atoms with Crippen molar-refractivity contribution in [2.45, 2.75) is 48.8 Å². The number of amides is 1. The molecular formula is C28H38N3O7S-. The maximum Gasteiger partial charge on any atom is 0.243 e. The Morgan fingerprint density at radius 2 is 1.82 bits per heavy atom.